The minimum absolute atomic E-state index is 0.0766. The van der Waals surface area contributed by atoms with Crippen molar-refractivity contribution in [3.8, 4) is 5.69 Å². The number of benzene rings is 1. The van der Waals surface area contributed by atoms with E-state index in [-0.39, 0.29) is 11.8 Å². The molecule has 1 aliphatic rings. The van der Waals surface area contributed by atoms with Crippen LogP contribution in [0.4, 0.5) is 5.82 Å². The molecule has 2 heterocycles. The summed E-state index contributed by atoms with van der Waals surface area (Å²) in [5.41, 5.74) is 2.30. The van der Waals surface area contributed by atoms with Crippen molar-refractivity contribution in [3.63, 3.8) is 0 Å². The van der Waals surface area contributed by atoms with Crippen molar-refractivity contribution in [2.75, 3.05) is 18.4 Å². The third-order valence-electron chi connectivity index (χ3n) is 3.89. The summed E-state index contributed by atoms with van der Waals surface area (Å²) in [6.07, 6.45) is 2.16. The summed E-state index contributed by atoms with van der Waals surface area (Å²) < 4.78 is 1.67. The second kappa shape index (κ2) is 6.24. The molecule has 6 nitrogen and oxygen atoms in total. The Labute approximate surface area is 135 Å². The predicted octanol–water partition coefficient (Wildman–Crippen LogP) is 2.38. The van der Waals surface area contributed by atoms with E-state index in [4.69, 9.17) is 0 Å². The van der Waals surface area contributed by atoms with E-state index in [1.54, 1.807) is 4.68 Å². The highest BCUT2D eigenvalue weighted by Gasteiger charge is 2.19. The summed E-state index contributed by atoms with van der Waals surface area (Å²) in [5.74, 6) is 0.549. The number of hydrogen-bond acceptors (Lipinski definition) is 3. The molecule has 1 saturated heterocycles. The van der Waals surface area contributed by atoms with Crippen LogP contribution in [0.15, 0.2) is 30.3 Å². The number of likely N-dealkylation sites (tertiary alicyclic amines) is 1. The fraction of sp³-hybridized carbons (Fsp3) is 0.353. The minimum Gasteiger partial charge on any atom is -0.339 e. The van der Waals surface area contributed by atoms with Crippen LogP contribution < -0.4 is 5.32 Å². The van der Waals surface area contributed by atoms with Gasteiger partial charge in [-0.3, -0.25) is 9.59 Å². The largest absolute Gasteiger partial charge is 0.339 e. The molecule has 3 rings (SSSR count). The van der Waals surface area contributed by atoms with Crippen molar-refractivity contribution in [1.29, 1.82) is 0 Å². The van der Waals surface area contributed by atoms with Gasteiger partial charge in [0.1, 0.15) is 5.82 Å². The summed E-state index contributed by atoms with van der Waals surface area (Å²) in [5, 5.41) is 7.15. The first-order chi connectivity index (χ1) is 11.0. The number of carbonyl (C=O) groups excluding carboxylic acids is 2. The second-order valence-electron chi connectivity index (χ2n) is 5.81. The zero-order valence-corrected chi connectivity index (χ0v) is 13.4. The second-order valence-corrected chi connectivity index (χ2v) is 5.81. The molecule has 0 radical (unpaired) electrons. The van der Waals surface area contributed by atoms with Crippen LogP contribution in [-0.4, -0.2) is 39.6 Å². The Balaban J connectivity index is 1.85. The lowest BCUT2D eigenvalue weighted by Gasteiger charge is -2.15. The van der Waals surface area contributed by atoms with Crippen LogP contribution in [0.5, 0.6) is 0 Å². The number of rotatable bonds is 3. The van der Waals surface area contributed by atoms with E-state index in [1.807, 2.05) is 42.2 Å². The minimum atomic E-state index is -0.146. The van der Waals surface area contributed by atoms with Crippen LogP contribution >= 0.6 is 0 Å². The SMILES string of the molecule is CC(=O)Nc1cc(C)nn1-c1ccc(C(=O)N2CCCC2)cc1. The van der Waals surface area contributed by atoms with E-state index in [0.717, 1.165) is 37.3 Å². The highest BCUT2D eigenvalue weighted by molar-refractivity contribution is 5.94. The number of anilines is 1. The molecular formula is C17H20N4O2. The summed E-state index contributed by atoms with van der Waals surface area (Å²) in [4.78, 5) is 25.5. The molecule has 2 aromatic rings. The highest BCUT2D eigenvalue weighted by atomic mass is 16.2. The number of nitrogens with one attached hydrogen (secondary N) is 1. The molecule has 1 aromatic heterocycles. The van der Waals surface area contributed by atoms with Crippen molar-refractivity contribution in [1.82, 2.24) is 14.7 Å². The molecule has 0 atom stereocenters. The quantitative estimate of drug-likeness (QED) is 0.946. The Morgan fingerprint density at radius 1 is 1.13 bits per heavy atom. The van der Waals surface area contributed by atoms with Gasteiger partial charge in [0.2, 0.25) is 5.91 Å². The van der Waals surface area contributed by atoms with Gasteiger partial charge in [0.15, 0.2) is 0 Å². The van der Waals surface area contributed by atoms with Gasteiger partial charge in [0.05, 0.1) is 11.4 Å². The molecule has 120 valence electrons. The lowest BCUT2D eigenvalue weighted by atomic mass is 10.2. The van der Waals surface area contributed by atoms with Crippen molar-refractivity contribution < 1.29 is 9.59 Å². The Kier molecular flexibility index (Phi) is 4.14. The maximum atomic E-state index is 12.4. The topological polar surface area (TPSA) is 67.2 Å². The number of carbonyl (C=O) groups is 2. The van der Waals surface area contributed by atoms with Crippen molar-refractivity contribution in [2.45, 2.75) is 26.7 Å². The molecule has 0 spiro atoms. The molecule has 1 aromatic carbocycles. The van der Waals surface area contributed by atoms with Gasteiger partial charge in [-0.25, -0.2) is 4.68 Å². The molecule has 0 aliphatic carbocycles. The van der Waals surface area contributed by atoms with E-state index >= 15 is 0 Å². The molecule has 0 bridgehead atoms. The summed E-state index contributed by atoms with van der Waals surface area (Å²) in [7, 11) is 0. The van der Waals surface area contributed by atoms with Gasteiger partial charge in [-0.05, 0) is 44.0 Å². The van der Waals surface area contributed by atoms with Crippen molar-refractivity contribution >= 4 is 17.6 Å². The maximum absolute atomic E-state index is 12.4. The average Bonchev–Trinajstić information content (AvgIpc) is 3.16. The molecule has 1 N–H and O–H groups in total. The Morgan fingerprint density at radius 3 is 2.39 bits per heavy atom. The monoisotopic (exact) mass is 312 g/mol. The van der Waals surface area contributed by atoms with Gasteiger partial charge >= 0.3 is 0 Å². The molecular weight excluding hydrogens is 292 g/mol. The average molecular weight is 312 g/mol. The lowest BCUT2D eigenvalue weighted by Crippen LogP contribution is -2.27. The highest BCUT2D eigenvalue weighted by Crippen LogP contribution is 2.19. The number of amides is 2. The zero-order valence-electron chi connectivity index (χ0n) is 13.4. The van der Waals surface area contributed by atoms with Crippen LogP contribution in [0.2, 0.25) is 0 Å². The van der Waals surface area contributed by atoms with E-state index in [0.29, 0.717) is 11.4 Å². The molecule has 0 saturated carbocycles. The number of hydrogen-bond donors (Lipinski definition) is 1. The maximum Gasteiger partial charge on any atom is 0.253 e. The summed E-state index contributed by atoms with van der Waals surface area (Å²) in [6.45, 7) is 5.01. The van der Waals surface area contributed by atoms with E-state index in [9.17, 15) is 9.59 Å². The van der Waals surface area contributed by atoms with Gasteiger partial charge in [-0.1, -0.05) is 0 Å². The number of aromatic nitrogens is 2. The fourth-order valence-electron chi connectivity index (χ4n) is 2.81. The summed E-state index contributed by atoms with van der Waals surface area (Å²) >= 11 is 0. The van der Waals surface area contributed by atoms with Gasteiger partial charge in [-0.2, -0.15) is 5.10 Å². The predicted molar refractivity (Wildman–Crippen MR) is 87.7 cm³/mol. The lowest BCUT2D eigenvalue weighted by molar-refractivity contribution is -0.114. The van der Waals surface area contributed by atoms with Gasteiger partial charge in [0, 0.05) is 31.6 Å². The fourth-order valence-corrected chi connectivity index (χ4v) is 2.81. The summed E-state index contributed by atoms with van der Waals surface area (Å²) in [6, 6.07) is 9.13. The third-order valence-corrected chi connectivity index (χ3v) is 3.89. The van der Waals surface area contributed by atoms with Crippen LogP contribution in [-0.2, 0) is 4.79 Å². The van der Waals surface area contributed by atoms with E-state index < -0.39 is 0 Å². The Hall–Kier alpha value is -2.63. The van der Waals surface area contributed by atoms with E-state index in [1.165, 1.54) is 6.92 Å². The van der Waals surface area contributed by atoms with Crippen LogP contribution in [0.1, 0.15) is 35.8 Å². The normalized spacial score (nSPS) is 14.1. The van der Waals surface area contributed by atoms with Crippen LogP contribution in [0.3, 0.4) is 0 Å². The standard InChI is InChI=1S/C17H20N4O2/c1-12-11-16(18-13(2)22)21(19-12)15-7-5-14(6-8-15)17(23)20-9-3-4-10-20/h5-8,11H,3-4,9-10H2,1-2H3,(H,18,22). The number of aryl methyl sites for hydroxylation is 1. The number of nitrogens with zero attached hydrogens (tertiary/aromatic N) is 3. The van der Waals surface area contributed by atoms with Gasteiger partial charge in [0.25, 0.3) is 5.91 Å². The van der Waals surface area contributed by atoms with E-state index in [2.05, 4.69) is 10.4 Å². The Bertz CT molecular complexity index is 728. The first-order valence-electron chi connectivity index (χ1n) is 7.78. The molecule has 1 aliphatic heterocycles. The van der Waals surface area contributed by atoms with Crippen molar-refractivity contribution in [2.24, 2.45) is 0 Å². The molecule has 1 fully saturated rings. The molecule has 0 unspecified atom stereocenters. The molecule has 2 amide bonds. The Morgan fingerprint density at radius 2 is 1.78 bits per heavy atom. The third kappa shape index (κ3) is 3.26. The smallest absolute Gasteiger partial charge is 0.253 e. The van der Waals surface area contributed by atoms with Crippen LogP contribution in [0.25, 0.3) is 5.69 Å². The first kappa shape index (κ1) is 15.3. The molecule has 6 heteroatoms. The van der Waals surface area contributed by atoms with Gasteiger partial charge in [-0.15, -0.1) is 0 Å². The van der Waals surface area contributed by atoms with Crippen molar-refractivity contribution in [3.05, 3.63) is 41.6 Å². The first-order valence-corrected chi connectivity index (χ1v) is 7.78. The van der Waals surface area contributed by atoms with Gasteiger partial charge < -0.3 is 10.2 Å². The van der Waals surface area contributed by atoms with Crippen LogP contribution in [0, 0.1) is 6.92 Å². The molecule has 23 heavy (non-hydrogen) atoms. The zero-order chi connectivity index (χ0) is 16.4.